The molecule has 2 nitrogen and oxygen atoms in total. The minimum atomic E-state index is -0.177. The number of benzene rings is 1. The van der Waals surface area contributed by atoms with Crippen molar-refractivity contribution in [2.45, 2.75) is 13.1 Å². The van der Waals surface area contributed by atoms with Crippen LogP contribution in [0.1, 0.15) is 11.3 Å². The van der Waals surface area contributed by atoms with Crippen molar-refractivity contribution in [1.82, 2.24) is 9.88 Å². The molecule has 0 fully saturated rings. The lowest BCUT2D eigenvalue weighted by molar-refractivity contribution is 0.310. The summed E-state index contributed by atoms with van der Waals surface area (Å²) in [6.07, 6.45) is 1.68. The van der Waals surface area contributed by atoms with E-state index in [0.717, 1.165) is 5.69 Å². The van der Waals surface area contributed by atoms with Crippen LogP contribution in [0.15, 0.2) is 42.6 Å². The number of hydrogen-bond donors (Lipinski definition) is 0. The molecular weight excluding hydrogens is 251 g/mol. The lowest BCUT2D eigenvalue weighted by Gasteiger charge is -2.16. The molecule has 2 aromatic rings. The topological polar surface area (TPSA) is 16.1 Å². The zero-order chi connectivity index (χ0) is 13.0. The number of nitrogens with zero attached hydrogens (tertiary/aromatic N) is 2. The molecule has 0 aliphatic carbocycles. The van der Waals surface area contributed by atoms with E-state index in [1.54, 1.807) is 24.4 Å². The second kappa shape index (κ2) is 5.94. The molecule has 0 saturated heterocycles. The normalized spacial score (nSPS) is 10.9. The van der Waals surface area contributed by atoms with Crippen LogP contribution in [0, 0.1) is 5.82 Å². The Balaban J connectivity index is 2.01. The molecular formula is C14H14ClFN2. The lowest BCUT2D eigenvalue weighted by atomic mass is 10.2. The third-order valence-electron chi connectivity index (χ3n) is 2.61. The lowest BCUT2D eigenvalue weighted by Crippen LogP contribution is -2.18. The van der Waals surface area contributed by atoms with Gasteiger partial charge in [-0.25, -0.2) is 4.39 Å². The predicted octanol–water partition coefficient (Wildman–Crippen LogP) is 3.51. The van der Waals surface area contributed by atoms with Crippen molar-refractivity contribution in [2.75, 3.05) is 7.05 Å². The summed E-state index contributed by atoms with van der Waals surface area (Å²) in [7, 11) is 1.93. The Kier molecular flexibility index (Phi) is 4.28. The van der Waals surface area contributed by atoms with E-state index >= 15 is 0 Å². The number of halogens is 2. The van der Waals surface area contributed by atoms with Gasteiger partial charge in [0.2, 0.25) is 0 Å². The first-order valence-corrected chi connectivity index (χ1v) is 6.05. The van der Waals surface area contributed by atoms with Crippen LogP contribution in [-0.4, -0.2) is 16.9 Å². The highest BCUT2D eigenvalue weighted by Crippen LogP contribution is 2.12. The molecule has 1 aromatic carbocycles. The fraction of sp³-hybridized carbons (Fsp3) is 0.214. The van der Waals surface area contributed by atoms with Crippen LogP contribution in [0.25, 0.3) is 0 Å². The highest BCUT2D eigenvalue weighted by molar-refractivity contribution is 6.30. The summed E-state index contributed by atoms with van der Waals surface area (Å²) in [6, 6.07) is 10.3. The van der Waals surface area contributed by atoms with Crippen molar-refractivity contribution < 1.29 is 4.39 Å². The molecule has 0 unspecified atom stereocenters. The van der Waals surface area contributed by atoms with Gasteiger partial charge in [0, 0.05) is 29.9 Å². The molecule has 0 aliphatic heterocycles. The summed E-state index contributed by atoms with van der Waals surface area (Å²) in [5, 5.41) is 0.666. The molecule has 1 heterocycles. The van der Waals surface area contributed by atoms with Crippen LogP contribution in [0.5, 0.6) is 0 Å². The summed E-state index contributed by atoms with van der Waals surface area (Å²) in [5.74, 6) is -0.177. The Bertz CT molecular complexity index is 531. The van der Waals surface area contributed by atoms with Gasteiger partial charge in [-0.1, -0.05) is 29.8 Å². The van der Waals surface area contributed by atoms with Crippen molar-refractivity contribution in [1.29, 1.82) is 0 Å². The number of hydrogen-bond acceptors (Lipinski definition) is 2. The highest BCUT2D eigenvalue weighted by atomic mass is 35.5. The quantitative estimate of drug-likeness (QED) is 0.840. The van der Waals surface area contributed by atoms with Gasteiger partial charge in [0.05, 0.1) is 5.69 Å². The largest absolute Gasteiger partial charge is 0.296 e. The maximum atomic E-state index is 13.5. The van der Waals surface area contributed by atoms with Crippen LogP contribution in [0.4, 0.5) is 4.39 Å². The Labute approximate surface area is 111 Å². The molecule has 0 N–H and O–H groups in total. The van der Waals surface area contributed by atoms with Gasteiger partial charge in [-0.05, 0) is 25.2 Å². The Morgan fingerprint density at radius 1 is 1.22 bits per heavy atom. The highest BCUT2D eigenvalue weighted by Gasteiger charge is 2.06. The third kappa shape index (κ3) is 3.52. The maximum Gasteiger partial charge on any atom is 0.127 e. The fourth-order valence-corrected chi connectivity index (χ4v) is 1.97. The first-order chi connectivity index (χ1) is 8.65. The molecule has 4 heteroatoms. The zero-order valence-electron chi connectivity index (χ0n) is 10.1. The molecule has 94 valence electrons. The SMILES string of the molecule is CN(Cc1cc(Cl)ccn1)Cc1ccccc1F. The van der Waals surface area contributed by atoms with E-state index < -0.39 is 0 Å². The summed E-state index contributed by atoms with van der Waals surface area (Å²) < 4.78 is 13.5. The van der Waals surface area contributed by atoms with Gasteiger partial charge in [0.25, 0.3) is 0 Å². The molecule has 0 saturated carbocycles. The van der Waals surface area contributed by atoms with Gasteiger partial charge in [-0.2, -0.15) is 0 Å². The summed E-state index contributed by atoms with van der Waals surface area (Å²) in [5.41, 5.74) is 1.56. The molecule has 0 atom stereocenters. The minimum Gasteiger partial charge on any atom is -0.296 e. The molecule has 0 bridgehead atoms. The van der Waals surface area contributed by atoms with Crippen molar-refractivity contribution in [3.63, 3.8) is 0 Å². The molecule has 0 amide bonds. The Morgan fingerprint density at radius 3 is 2.72 bits per heavy atom. The summed E-state index contributed by atoms with van der Waals surface area (Å²) in [6.45, 7) is 1.18. The standard InChI is InChI=1S/C14H14ClFN2/c1-18(9-11-4-2-3-5-14(11)16)10-13-8-12(15)6-7-17-13/h2-8H,9-10H2,1H3. The molecule has 2 rings (SSSR count). The van der Waals surface area contributed by atoms with Crippen LogP contribution >= 0.6 is 11.6 Å². The number of rotatable bonds is 4. The maximum absolute atomic E-state index is 13.5. The Morgan fingerprint density at radius 2 is 2.00 bits per heavy atom. The first-order valence-electron chi connectivity index (χ1n) is 5.67. The zero-order valence-corrected chi connectivity index (χ0v) is 10.9. The second-order valence-electron chi connectivity index (χ2n) is 4.23. The van der Waals surface area contributed by atoms with Gasteiger partial charge < -0.3 is 0 Å². The van der Waals surface area contributed by atoms with E-state index in [9.17, 15) is 4.39 Å². The molecule has 0 spiro atoms. The smallest absolute Gasteiger partial charge is 0.127 e. The van der Waals surface area contributed by atoms with Crippen LogP contribution in [0.2, 0.25) is 5.02 Å². The number of aromatic nitrogens is 1. The monoisotopic (exact) mass is 264 g/mol. The second-order valence-corrected chi connectivity index (χ2v) is 4.67. The van der Waals surface area contributed by atoms with Gasteiger partial charge in [0.1, 0.15) is 5.82 Å². The fourth-order valence-electron chi connectivity index (χ4n) is 1.79. The predicted molar refractivity (Wildman–Crippen MR) is 70.8 cm³/mol. The van der Waals surface area contributed by atoms with Gasteiger partial charge in [-0.15, -0.1) is 0 Å². The van der Waals surface area contributed by atoms with Crippen molar-refractivity contribution in [3.05, 3.63) is 64.7 Å². The number of pyridine rings is 1. The molecule has 1 aromatic heterocycles. The van der Waals surface area contributed by atoms with Crippen molar-refractivity contribution in [2.24, 2.45) is 0 Å². The van der Waals surface area contributed by atoms with Crippen LogP contribution in [0.3, 0.4) is 0 Å². The van der Waals surface area contributed by atoms with E-state index in [1.807, 2.05) is 24.1 Å². The van der Waals surface area contributed by atoms with Gasteiger partial charge in [-0.3, -0.25) is 9.88 Å². The minimum absolute atomic E-state index is 0.177. The molecule has 0 aliphatic rings. The van der Waals surface area contributed by atoms with Crippen LogP contribution < -0.4 is 0 Å². The first kappa shape index (κ1) is 13.0. The average molecular weight is 265 g/mol. The van der Waals surface area contributed by atoms with Crippen LogP contribution in [-0.2, 0) is 13.1 Å². The molecule has 18 heavy (non-hydrogen) atoms. The van der Waals surface area contributed by atoms with Crippen molar-refractivity contribution in [3.8, 4) is 0 Å². The van der Waals surface area contributed by atoms with E-state index in [0.29, 0.717) is 23.7 Å². The van der Waals surface area contributed by atoms with E-state index in [2.05, 4.69) is 4.98 Å². The van der Waals surface area contributed by atoms with E-state index in [1.165, 1.54) is 6.07 Å². The Hall–Kier alpha value is -1.45. The third-order valence-corrected chi connectivity index (χ3v) is 2.84. The van der Waals surface area contributed by atoms with Crippen molar-refractivity contribution >= 4 is 11.6 Å². The van der Waals surface area contributed by atoms with Gasteiger partial charge in [0.15, 0.2) is 0 Å². The average Bonchev–Trinajstić information content (AvgIpc) is 2.32. The van der Waals surface area contributed by atoms with E-state index in [4.69, 9.17) is 11.6 Å². The van der Waals surface area contributed by atoms with E-state index in [-0.39, 0.29) is 5.82 Å². The summed E-state index contributed by atoms with van der Waals surface area (Å²) >= 11 is 5.90. The molecule has 0 radical (unpaired) electrons. The summed E-state index contributed by atoms with van der Waals surface area (Å²) in [4.78, 5) is 6.22. The van der Waals surface area contributed by atoms with Gasteiger partial charge >= 0.3 is 0 Å².